The summed E-state index contributed by atoms with van der Waals surface area (Å²) in [6, 6.07) is 3.39. The van der Waals surface area contributed by atoms with Gasteiger partial charge in [0.15, 0.2) is 0 Å². The highest BCUT2D eigenvalue weighted by Gasteiger charge is 2.25. The predicted molar refractivity (Wildman–Crippen MR) is 79.4 cm³/mol. The van der Waals surface area contributed by atoms with Crippen LogP contribution in [-0.2, 0) is 0 Å². The maximum atomic E-state index is 9.13. The van der Waals surface area contributed by atoms with Gasteiger partial charge in [-0.2, -0.15) is 0 Å². The van der Waals surface area contributed by atoms with E-state index >= 15 is 0 Å². The average Bonchev–Trinajstić information content (AvgIpc) is 2.19. The van der Waals surface area contributed by atoms with Crippen LogP contribution in [0.2, 0.25) is 10.0 Å². The number of hydrogen-bond donors (Lipinski definition) is 3. The second-order valence-corrected chi connectivity index (χ2v) is 6.25. The van der Waals surface area contributed by atoms with Crippen molar-refractivity contribution in [3.05, 3.63) is 22.2 Å². The number of benzene rings is 1. The number of nitrogens with one attached hydrogen (secondary N) is 1. The number of aliphatic hydroxyl groups excluding tert-OH is 1. The summed E-state index contributed by atoms with van der Waals surface area (Å²) in [5.41, 5.74) is 6.85. The van der Waals surface area contributed by atoms with Gasteiger partial charge in [0.25, 0.3) is 0 Å². The number of nitrogens with two attached hydrogens (primary N) is 1. The summed E-state index contributed by atoms with van der Waals surface area (Å²) < 4.78 is 0. The Bertz CT molecular complexity index is 393. The SMILES string of the molecule is CC(C)(C)C(CCO)Nc1c(Cl)cc(N)cc1Cl. The lowest BCUT2D eigenvalue weighted by Crippen LogP contribution is -2.35. The van der Waals surface area contributed by atoms with Crippen molar-refractivity contribution < 1.29 is 5.11 Å². The zero-order chi connectivity index (χ0) is 13.9. The first-order chi connectivity index (χ1) is 8.25. The average molecular weight is 291 g/mol. The van der Waals surface area contributed by atoms with Gasteiger partial charge < -0.3 is 16.2 Å². The van der Waals surface area contributed by atoms with Gasteiger partial charge in [0, 0.05) is 18.3 Å². The molecular weight excluding hydrogens is 271 g/mol. The third kappa shape index (κ3) is 3.94. The Hall–Kier alpha value is -0.640. The second kappa shape index (κ2) is 6.00. The van der Waals surface area contributed by atoms with Crippen molar-refractivity contribution in [1.82, 2.24) is 0 Å². The summed E-state index contributed by atoms with van der Waals surface area (Å²) >= 11 is 12.3. The summed E-state index contributed by atoms with van der Waals surface area (Å²) in [7, 11) is 0. The summed E-state index contributed by atoms with van der Waals surface area (Å²) in [6.07, 6.45) is 0.626. The summed E-state index contributed by atoms with van der Waals surface area (Å²) in [4.78, 5) is 0. The van der Waals surface area contributed by atoms with E-state index in [0.717, 1.165) is 0 Å². The molecule has 1 unspecified atom stereocenters. The molecule has 0 aliphatic rings. The van der Waals surface area contributed by atoms with Crippen LogP contribution in [0.25, 0.3) is 0 Å². The predicted octanol–water partition coefficient (Wildman–Crippen LogP) is 3.78. The van der Waals surface area contributed by atoms with Crippen LogP contribution in [0.4, 0.5) is 11.4 Å². The molecule has 1 aromatic carbocycles. The van der Waals surface area contributed by atoms with Crippen LogP contribution in [0, 0.1) is 5.41 Å². The molecule has 3 nitrogen and oxygen atoms in total. The van der Waals surface area contributed by atoms with E-state index in [1.54, 1.807) is 12.1 Å². The maximum Gasteiger partial charge on any atom is 0.0722 e. The van der Waals surface area contributed by atoms with Gasteiger partial charge in [0.05, 0.1) is 15.7 Å². The van der Waals surface area contributed by atoms with E-state index in [1.807, 2.05) is 0 Å². The molecule has 0 bridgehead atoms. The van der Waals surface area contributed by atoms with Crippen LogP contribution in [0.5, 0.6) is 0 Å². The Morgan fingerprint density at radius 3 is 2.17 bits per heavy atom. The number of nitrogen functional groups attached to an aromatic ring is 1. The van der Waals surface area contributed by atoms with Gasteiger partial charge in [-0.1, -0.05) is 44.0 Å². The first-order valence-electron chi connectivity index (χ1n) is 5.87. The van der Waals surface area contributed by atoms with Gasteiger partial charge in [0.2, 0.25) is 0 Å². The van der Waals surface area contributed by atoms with Crippen LogP contribution < -0.4 is 11.1 Å². The lowest BCUT2D eigenvalue weighted by molar-refractivity contribution is 0.235. The van der Waals surface area contributed by atoms with E-state index < -0.39 is 0 Å². The zero-order valence-electron chi connectivity index (χ0n) is 10.9. The van der Waals surface area contributed by atoms with Gasteiger partial charge in [0.1, 0.15) is 0 Å². The van der Waals surface area contributed by atoms with Crippen LogP contribution in [0.15, 0.2) is 12.1 Å². The number of halogens is 2. The van der Waals surface area contributed by atoms with E-state index in [-0.39, 0.29) is 18.1 Å². The number of anilines is 2. The van der Waals surface area contributed by atoms with E-state index in [2.05, 4.69) is 26.1 Å². The molecule has 0 heterocycles. The standard InChI is InChI=1S/C13H20Cl2N2O/c1-13(2,3)11(4-5-18)17-12-9(14)6-8(16)7-10(12)15/h6-7,11,17-18H,4-5,16H2,1-3H3. The van der Waals surface area contributed by atoms with Crippen molar-refractivity contribution >= 4 is 34.6 Å². The first-order valence-corrected chi connectivity index (χ1v) is 6.63. The molecule has 1 atom stereocenters. The minimum absolute atomic E-state index is 0.0171. The van der Waals surface area contributed by atoms with E-state index in [1.165, 1.54) is 0 Å². The second-order valence-electron chi connectivity index (χ2n) is 5.43. The van der Waals surface area contributed by atoms with Crippen molar-refractivity contribution in [3.63, 3.8) is 0 Å². The molecule has 1 aromatic rings. The minimum Gasteiger partial charge on any atom is -0.399 e. The Morgan fingerprint density at radius 1 is 1.28 bits per heavy atom. The Labute approximate surface area is 118 Å². The van der Waals surface area contributed by atoms with Crippen molar-refractivity contribution in [2.24, 2.45) is 5.41 Å². The monoisotopic (exact) mass is 290 g/mol. The van der Waals surface area contributed by atoms with E-state index in [4.69, 9.17) is 34.0 Å². The molecule has 0 saturated heterocycles. The smallest absolute Gasteiger partial charge is 0.0722 e. The largest absolute Gasteiger partial charge is 0.399 e. The molecule has 102 valence electrons. The molecule has 0 spiro atoms. The van der Waals surface area contributed by atoms with E-state index in [9.17, 15) is 0 Å². The minimum atomic E-state index is -0.0171. The highest BCUT2D eigenvalue weighted by molar-refractivity contribution is 6.39. The molecule has 0 aliphatic carbocycles. The van der Waals surface area contributed by atoms with Gasteiger partial charge >= 0.3 is 0 Å². The maximum absolute atomic E-state index is 9.13. The number of aliphatic hydroxyl groups is 1. The van der Waals surface area contributed by atoms with Crippen LogP contribution in [-0.4, -0.2) is 17.8 Å². The number of rotatable bonds is 4. The topological polar surface area (TPSA) is 58.3 Å². The summed E-state index contributed by atoms with van der Waals surface area (Å²) in [6.45, 7) is 6.40. The fourth-order valence-electron chi connectivity index (χ4n) is 1.76. The van der Waals surface area contributed by atoms with Gasteiger partial charge in [-0.25, -0.2) is 0 Å². The van der Waals surface area contributed by atoms with Gasteiger partial charge in [-0.15, -0.1) is 0 Å². The quantitative estimate of drug-likeness (QED) is 0.740. The summed E-state index contributed by atoms with van der Waals surface area (Å²) in [5.74, 6) is 0. The molecule has 5 heteroatoms. The van der Waals surface area contributed by atoms with Crippen molar-refractivity contribution in [2.75, 3.05) is 17.7 Å². The molecule has 1 rings (SSSR count). The Kier molecular flexibility index (Phi) is 5.14. The zero-order valence-corrected chi connectivity index (χ0v) is 12.4. The van der Waals surface area contributed by atoms with E-state index in [0.29, 0.717) is 27.8 Å². The van der Waals surface area contributed by atoms with Crippen LogP contribution in [0.3, 0.4) is 0 Å². The molecule has 0 aliphatic heterocycles. The van der Waals surface area contributed by atoms with Crippen molar-refractivity contribution in [1.29, 1.82) is 0 Å². The fraction of sp³-hybridized carbons (Fsp3) is 0.538. The summed E-state index contributed by atoms with van der Waals surface area (Å²) in [5, 5.41) is 13.4. The van der Waals surface area contributed by atoms with Gasteiger partial charge in [-0.3, -0.25) is 0 Å². The third-order valence-electron chi connectivity index (χ3n) is 2.85. The van der Waals surface area contributed by atoms with Crippen molar-refractivity contribution in [2.45, 2.75) is 33.2 Å². The number of hydrogen-bond acceptors (Lipinski definition) is 3. The molecule has 18 heavy (non-hydrogen) atoms. The highest BCUT2D eigenvalue weighted by Crippen LogP contribution is 2.36. The van der Waals surface area contributed by atoms with Crippen molar-refractivity contribution in [3.8, 4) is 0 Å². The van der Waals surface area contributed by atoms with Gasteiger partial charge in [-0.05, 0) is 24.0 Å². The Balaban J connectivity index is 3.01. The molecule has 0 fully saturated rings. The molecular formula is C13H20Cl2N2O. The fourth-order valence-corrected chi connectivity index (χ4v) is 2.37. The molecule has 0 aromatic heterocycles. The third-order valence-corrected chi connectivity index (χ3v) is 3.44. The van der Waals surface area contributed by atoms with Crippen LogP contribution >= 0.6 is 23.2 Å². The molecule has 4 N–H and O–H groups in total. The van der Waals surface area contributed by atoms with Crippen LogP contribution in [0.1, 0.15) is 27.2 Å². The normalized spacial score (nSPS) is 13.4. The Morgan fingerprint density at radius 2 is 1.78 bits per heavy atom. The first kappa shape index (κ1) is 15.4. The lowest BCUT2D eigenvalue weighted by atomic mass is 9.85. The molecule has 0 saturated carbocycles. The highest BCUT2D eigenvalue weighted by atomic mass is 35.5. The molecule has 0 amide bonds. The lowest BCUT2D eigenvalue weighted by Gasteiger charge is -2.32. The molecule has 0 radical (unpaired) electrons.